The van der Waals surface area contributed by atoms with E-state index in [1.54, 1.807) is 48.0 Å². The fraction of sp³-hybridized carbons (Fsp3) is 0.714. The number of aliphatic carboxylic acids is 1. The van der Waals surface area contributed by atoms with Crippen LogP contribution in [0.25, 0.3) is 0 Å². The van der Waals surface area contributed by atoms with E-state index in [9.17, 15) is 43.5 Å². The number of carboxylic acids is 1. The molecular formula is C49H76N6O14. The van der Waals surface area contributed by atoms with Gasteiger partial charge in [0.25, 0.3) is 0 Å². The van der Waals surface area contributed by atoms with E-state index in [1.807, 2.05) is 6.07 Å². The molecule has 386 valence electrons. The zero-order valence-corrected chi connectivity index (χ0v) is 41.4. The Bertz CT molecular complexity index is 1850. The van der Waals surface area contributed by atoms with E-state index < -0.39 is 71.4 Å². The minimum absolute atomic E-state index is 0.0172. The minimum Gasteiger partial charge on any atom is -0.480 e. The molecule has 0 aromatic heterocycles. The van der Waals surface area contributed by atoms with Crippen molar-refractivity contribution in [3.05, 3.63) is 35.9 Å². The summed E-state index contributed by atoms with van der Waals surface area (Å²) in [5.41, 5.74) is -0.593. The smallest absolute Gasteiger partial charge is 0.326 e. The third-order valence-corrected chi connectivity index (χ3v) is 13.4. The quantitative estimate of drug-likeness (QED) is 0.0635. The number of methoxy groups -OCH3 is 2. The van der Waals surface area contributed by atoms with E-state index in [4.69, 9.17) is 23.7 Å². The van der Waals surface area contributed by atoms with Crippen molar-refractivity contribution in [3.8, 4) is 0 Å². The molecule has 4 N–H and O–H groups in total. The molecule has 3 aliphatic rings. The van der Waals surface area contributed by atoms with Crippen LogP contribution in [0.2, 0.25) is 0 Å². The van der Waals surface area contributed by atoms with Gasteiger partial charge >= 0.3 is 5.97 Å². The SMILES string of the molecule is COC(CC(=O)N1CCCC1C(OC)C(C)C(=O)NC(Cc1ccccc1)C(=O)O)C(C1CCCCC1)N(C)C(=O)CNC(=O)C(C)(C)NC(=O)CCOCCOCCOCCN1C(=O)CCC1=O. The van der Waals surface area contributed by atoms with Gasteiger partial charge in [0.15, 0.2) is 0 Å². The van der Waals surface area contributed by atoms with Crippen molar-refractivity contribution in [1.29, 1.82) is 0 Å². The Hall–Kier alpha value is -5.02. The third kappa shape index (κ3) is 17.4. The molecule has 1 aromatic rings. The van der Waals surface area contributed by atoms with Crippen LogP contribution in [-0.4, -0.2) is 184 Å². The molecule has 1 aromatic carbocycles. The maximum atomic E-state index is 14.3. The van der Waals surface area contributed by atoms with Gasteiger partial charge in [-0.25, -0.2) is 4.79 Å². The topological polar surface area (TPSA) is 249 Å². The molecule has 2 heterocycles. The number of benzene rings is 1. The van der Waals surface area contributed by atoms with Gasteiger partial charge in [-0.3, -0.25) is 38.5 Å². The summed E-state index contributed by atoms with van der Waals surface area (Å²) in [7, 11) is 4.65. The number of carbonyl (C=O) groups excluding carboxylic acids is 7. The van der Waals surface area contributed by atoms with Gasteiger partial charge in [-0.2, -0.15) is 0 Å². The summed E-state index contributed by atoms with van der Waals surface area (Å²) in [4.78, 5) is 108. The highest BCUT2D eigenvalue weighted by atomic mass is 16.5. The van der Waals surface area contributed by atoms with Crippen LogP contribution >= 0.6 is 0 Å². The third-order valence-electron chi connectivity index (χ3n) is 13.4. The van der Waals surface area contributed by atoms with Crippen LogP contribution in [-0.2, 0) is 68.5 Å². The first-order valence-corrected chi connectivity index (χ1v) is 24.3. The van der Waals surface area contributed by atoms with Crippen LogP contribution in [0.1, 0.15) is 97.0 Å². The lowest BCUT2D eigenvalue weighted by Crippen LogP contribution is -2.58. The molecule has 3 fully saturated rings. The number of imide groups is 1. The number of ether oxygens (including phenoxy) is 5. The molecule has 6 atom stereocenters. The highest BCUT2D eigenvalue weighted by molar-refractivity contribution is 6.02. The highest BCUT2D eigenvalue weighted by Crippen LogP contribution is 2.34. The number of carbonyl (C=O) groups is 8. The lowest BCUT2D eigenvalue weighted by Gasteiger charge is -2.41. The maximum Gasteiger partial charge on any atom is 0.326 e. The largest absolute Gasteiger partial charge is 0.480 e. The van der Waals surface area contributed by atoms with Crippen molar-refractivity contribution in [1.82, 2.24) is 30.7 Å². The fourth-order valence-electron chi connectivity index (χ4n) is 9.49. The molecule has 20 heteroatoms. The first kappa shape index (κ1) is 56.6. The van der Waals surface area contributed by atoms with Crippen molar-refractivity contribution in [3.63, 3.8) is 0 Å². The Balaban J connectivity index is 1.24. The number of rotatable bonds is 30. The molecule has 0 bridgehead atoms. The van der Waals surface area contributed by atoms with Gasteiger partial charge < -0.3 is 54.5 Å². The van der Waals surface area contributed by atoms with Crippen molar-refractivity contribution < 1.29 is 67.1 Å². The summed E-state index contributed by atoms with van der Waals surface area (Å²) in [5, 5.41) is 18.0. The molecule has 2 saturated heterocycles. The summed E-state index contributed by atoms with van der Waals surface area (Å²) in [6.45, 7) is 6.42. The molecule has 0 spiro atoms. The Labute approximate surface area is 406 Å². The van der Waals surface area contributed by atoms with Crippen molar-refractivity contribution in [2.75, 3.05) is 80.5 Å². The first-order chi connectivity index (χ1) is 33.0. The summed E-state index contributed by atoms with van der Waals surface area (Å²) in [6, 6.07) is 6.92. The van der Waals surface area contributed by atoms with E-state index in [0.29, 0.717) is 19.4 Å². The first-order valence-electron chi connectivity index (χ1n) is 24.3. The number of likely N-dealkylation sites (tertiary alicyclic amines) is 2. The molecule has 1 saturated carbocycles. The lowest BCUT2D eigenvalue weighted by molar-refractivity contribution is -0.147. The number of hydrogen-bond acceptors (Lipinski definition) is 13. The summed E-state index contributed by atoms with van der Waals surface area (Å²) >= 11 is 0. The fourth-order valence-corrected chi connectivity index (χ4v) is 9.49. The van der Waals surface area contributed by atoms with Crippen LogP contribution in [0.3, 0.4) is 0 Å². The molecule has 2 aliphatic heterocycles. The number of nitrogens with one attached hydrogen (secondary N) is 3. The zero-order valence-electron chi connectivity index (χ0n) is 41.4. The zero-order chi connectivity index (χ0) is 50.5. The second kappa shape index (κ2) is 28.6. The van der Waals surface area contributed by atoms with E-state index in [-0.39, 0.29) is 108 Å². The number of likely N-dealkylation sites (N-methyl/N-ethyl adjacent to an activating group) is 1. The van der Waals surface area contributed by atoms with Gasteiger partial charge in [-0.05, 0) is 51.0 Å². The maximum absolute atomic E-state index is 14.3. The molecule has 20 nitrogen and oxygen atoms in total. The van der Waals surface area contributed by atoms with Crippen LogP contribution in [0.15, 0.2) is 30.3 Å². The molecule has 4 rings (SSSR count). The van der Waals surface area contributed by atoms with Gasteiger partial charge in [0.05, 0.1) is 89.4 Å². The van der Waals surface area contributed by atoms with E-state index in [2.05, 4.69) is 16.0 Å². The van der Waals surface area contributed by atoms with Crippen molar-refractivity contribution >= 4 is 47.3 Å². The Morgan fingerprint density at radius 3 is 2.07 bits per heavy atom. The van der Waals surface area contributed by atoms with Crippen LogP contribution < -0.4 is 16.0 Å². The molecule has 7 amide bonds. The Kier molecular flexibility index (Phi) is 23.4. The predicted octanol–water partition coefficient (Wildman–Crippen LogP) is 1.85. The average Bonchev–Trinajstić information content (AvgIpc) is 3.95. The predicted molar refractivity (Wildman–Crippen MR) is 251 cm³/mol. The standard InChI is InChI=1S/C49H76N6O14/c1-33(46(61)51-36(47(62)63)30-34-14-9-7-10-15-34)45(66-6)37-18-13-22-54(37)42(59)31-38(65-5)44(35-16-11-8-12-17-35)53(4)43(60)32-50-48(64)49(2,3)52-39(56)21-24-67-26-28-69-29-27-68-25-23-55-40(57)19-20-41(55)58/h7,9-10,14-15,33,35-38,44-45H,8,11-13,16-32H2,1-6H3,(H,50,64)(H,51,61)(H,52,56)(H,62,63). The molecular weight excluding hydrogens is 897 g/mol. The molecule has 6 unspecified atom stereocenters. The van der Waals surface area contributed by atoms with Crippen LogP contribution in [0.5, 0.6) is 0 Å². The van der Waals surface area contributed by atoms with Crippen LogP contribution in [0, 0.1) is 11.8 Å². The van der Waals surface area contributed by atoms with Gasteiger partial charge in [-0.1, -0.05) is 56.5 Å². The minimum atomic E-state index is -1.36. The van der Waals surface area contributed by atoms with Gasteiger partial charge in [-0.15, -0.1) is 0 Å². The molecule has 1 aliphatic carbocycles. The van der Waals surface area contributed by atoms with Crippen LogP contribution in [0.4, 0.5) is 0 Å². The Morgan fingerprint density at radius 2 is 1.46 bits per heavy atom. The molecule has 0 radical (unpaired) electrons. The van der Waals surface area contributed by atoms with E-state index >= 15 is 0 Å². The summed E-state index contributed by atoms with van der Waals surface area (Å²) in [6.07, 6.45) is 4.99. The summed E-state index contributed by atoms with van der Waals surface area (Å²) in [5.74, 6) is -4.38. The Morgan fingerprint density at radius 1 is 0.841 bits per heavy atom. The second-order valence-corrected chi connectivity index (χ2v) is 18.6. The lowest BCUT2D eigenvalue weighted by atomic mass is 9.80. The van der Waals surface area contributed by atoms with E-state index in [1.165, 1.54) is 33.0 Å². The number of hydrogen-bond donors (Lipinski definition) is 4. The number of nitrogens with zero attached hydrogens (tertiary/aromatic N) is 3. The monoisotopic (exact) mass is 973 g/mol. The molecule has 69 heavy (non-hydrogen) atoms. The van der Waals surface area contributed by atoms with Gasteiger partial charge in [0.2, 0.25) is 41.4 Å². The second-order valence-electron chi connectivity index (χ2n) is 18.6. The van der Waals surface area contributed by atoms with E-state index in [0.717, 1.165) is 37.7 Å². The van der Waals surface area contributed by atoms with Gasteiger partial charge in [0.1, 0.15) is 11.6 Å². The average molecular weight is 973 g/mol. The normalized spacial score (nSPS) is 18.8. The number of carboxylic acid groups (broad SMARTS) is 1. The number of amides is 7. The van der Waals surface area contributed by atoms with Crippen molar-refractivity contribution in [2.45, 2.75) is 134 Å². The summed E-state index contributed by atoms with van der Waals surface area (Å²) < 4.78 is 28.3. The highest BCUT2D eigenvalue weighted by Gasteiger charge is 2.43. The van der Waals surface area contributed by atoms with Crippen molar-refractivity contribution in [2.24, 2.45) is 11.8 Å². The van der Waals surface area contributed by atoms with Gasteiger partial charge in [0, 0.05) is 53.5 Å².